The van der Waals surface area contributed by atoms with Gasteiger partial charge in [0.05, 0.1) is 10.6 Å². The van der Waals surface area contributed by atoms with Gasteiger partial charge in [-0.1, -0.05) is 30.7 Å². The third kappa shape index (κ3) is 3.55. The fourth-order valence-corrected chi connectivity index (χ4v) is 2.63. The molecule has 1 heterocycles. The summed E-state index contributed by atoms with van der Waals surface area (Å²) in [5.74, 6) is -0.194. The maximum absolute atomic E-state index is 11.2. The molecule has 0 aliphatic carbocycles. The van der Waals surface area contributed by atoms with Gasteiger partial charge in [-0.3, -0.25) is 4.79 Å². The third-order valence-electron chi connectivity index (χ3n) is 2.64. The van der Waals surface area contributed by atoms with Gasteiger partial charge >= 0.3 is 5.97 Å². The van der Waals surface area contributed by atoms with Gasteiger partial charge in [0.15, 0.2) is 0 Å². The molecule has 2 rings (SSSR count). The highest BCUT2D eigenvalue weighted by atomic mass is 35.5. The quantitative estimate of drug-likeness (QED) is 0.793. The summed E-state index contributed by atoms with van der Waals surface area (Å²) in [4.78, 5) is 16.6. The molecule has 0 fully saturated rings. The molecule has 0 bridgehead atoms. The van der Waals surface area contributed by atoms with Gasteiger partial charge in [0.25, 0.3) is 0 Å². The van der Waals surface area contributed by atoms with Crippen molar-refractivity contribution in [1.82, 2.24) is 4.98 Å². The molecule has 0 N–H and O–H groups in total. The first-order chi connectivity index (χ1) is 9.10. The maximum atomic E-state index is 11.2. The second kappa shape index (κ2) is 6.17. The largest absolute Gasteiger partial charge is 0.460 e. The predicted molar refractivity (Wildman–Crippen MR) is 77.4 cm³/mol. The Morgan fingerprint density at radius 3 is 2.68 bits per heavy atom. The van der Waals surface area contributed by atoms with Crippen molar-refractivity contribution in [3.8, 4) is 10.6 Å². The third-order valence-corrected chi connectivity index (χ3v) is 4.07. The molecular formula is C14H14ClNO2S. The number of thiazole rings is 1. The van der Waals surface area contributed by atoms with E-state index in [2.05, 4.69) is 4.98 Å². The molecule has 3 nitrogen and oxygen atoms in total. The monoisotopic (exact) mass is 295 g/mol. The van der Waals surface area contributed by atoms with E-state index < -0.39 is 0 Å². The molecule has 0 saturated carbocycles. The van der Waals surface area contributed by atoms with Crippen molar-refractivity contribution in [1.29, 1.82) is 0 Å². The van der Waals surface area contributed by atoms with Crippen molar-refractivity contribution in [2.75, 3.05) is 0 Å². The van der Waals surface area contributed by atoms with Crippen LogP contribution < -0.4 is 0 Å². The number of hydrogen-bond donors (Lipinski definition) is 0. The van der Waals surface area contributed by atoms with Crippen LogP contribution in [0.1, 0.15) is 23.9 Å². The molecule has 1 aromatic heterocycles. The molecule has 19 heavy (non-hydrogen) atoms. The zero-order valence-corrected chi connectivity index (χ0v) is 12.3. The summed E-state index contributed by atoms with van der Waals surface area (Å²) in [6.07, 6.45) is 0.391. The SMILES string of the molecule is CCC(=O)OCc1sc(-c2ccc(Cl)cc2)nc1C. The van der Waals surface area contributed by atoms with Gasteiger partial charge in [-0.15, -0.1) is 11.3 Å². The van der Waals surface area contributed by atoms with Gasteiger partial charge in [-0.2, -0.15) is 0 Å². The van der Waals surface area contributed by atoms with E-state index in [0.29, 0.717) is 18.1 Å². The summed E-state index contributed by atoms with van der Waals surface area (Å²) < 4.78 is 5.14. The first kappa shape index (κ1) is 14.0. The van der Waals surface area contributed by atoms with E-state index in [9.17, 15) is 4.79 Å². The molecule has 0 amide bonds. The smallest absolute Gasteiger partial charge is 0.305 e. The summed E-state index contributed by atoms with van der Waals surface area (Å²) in [6, 6.07) is 7.54. The summed E-state index contributed by atoms with van der Waals surface area (Å²) >= 11 is 7.40. The number of esters is 1. The highest BCUT2D eigenvalue weighted by molar-refractivity contribution is 7.15. The van der Waals surface area contributed by atoms with E-state index in [1.165, 1.54) is 11.3 Å². The minimum absolute atomic E-state index is 0.194. The van der Waals surface area contributed by atoms with Crippen molar-refractivity contribution in [2.45, 2.75) is 26.9 Å². The number of benzene rings is 1. The Labute approximate surface area is 121 Å². The van der Waals surface area contributed by atoms with Crippen molar-refractivity contribution < 1.29 is 9.53 Å². The molecule has 0 unspecified atom stereocenters. The molecule has 0 aliphatic heterocycles. The van der Waals surface area contributed by atoms with Crippen LogP contribution in [-0.4, -0.2) is 11.0 Å². The molecule has 0 spiro atoms. The maximum Gasteiger partial charge on any atom is 0.305 e. The van der Waals surface area contributed by atoms with Crippen molar-refractivity contribution in [3.05, 3.63) is 39.9 Å². The second-order valence-corrected chi connectivity index (χ2v) is 5.57. The van der Waals surface area contributed by atoms with Crippen LogP contribution in [0.15, 0.2) is 24.3 Å². The lowest BCUT2D eigenvalue weighted by Crippen LogP contribution is -2.01. The average Bonchev–Trinajstić information content (AvgIpc) is 2.78. The summed E-state index contributed by atoms with van der Waals surface area (Å²) in [5.41, 5.74) is 1.92. The van der Waals surface area contributed by atoms with E-state index in [4.69, 9.17) is 16.3 Å². The van der Waals surface area contributed by atoms with Crippen LogP contribution in [0.2, 0.25) is 5.02 Å². The van der Waals surface area contributed by atoms with Gasteiger partial charge in [0, 0.05) is 17.0 Å². The fraction of sp³-hybridized carbons (Fsp3) is 0.286. The Bertz CT molecular complexity index is 578. The average molecular weight is 296 g/mol. The van der Waals surface area contributed by atoms with Crippen molar-refractivity contribution >= 4 is 28.9 Å². The Morgan fingerprint density at radius 2 is 2.05 bits per heavy atom. The molecular weight excluding hydrogens is 282 g/mol. The zero-order chi connectivity index (χ0) is 13.8. The van der Waals surface area contributed by atoms with E-state index in [1.807, 2.05) is 31.2 Å². The van der Waals surface area contributed by atoms with Gasteiger partial charge < -0.3 is 4.74 Å². The Hall–Kier alpha value is -1.39. The number of aryl methyl sites for hydroxylation is 1. The summed E-state index contributed by atoms with van der Waals surface area (Å²) in [5, 5.41) is 1.62. The zero-order valence-electron chi connectivity index (χ0n) is 10.8. The number of ether oxygens (including phenoxy) is 1. The van der Waals surface area contributed by atoms with Crippen LogP contribution >= 0.6 is 22.9 Å². The van der Waals surface area contributed by atoms with Crippen LogP contribution in [0.4, 0.5) is 0 Å². The molecule has 0 saturated heterocycles. The lowest BCUT2D eigenvalue weighted by atomic mass is 10.2. The number of carbonyl (C=O) groups excluding carboxylic acids is 1. The Morgan fingerprint density at radius 1 is 1.37 bits per heavy atom. The van der Waals surface area contributed by atoms with E-state index in [0.717, 1.165) is 21.1 Å². The molecule has 0 aliphatic rings. The second-order valence-electron chi connectivity index (χ2n) is 4.05. The highest BCUT2D eigenvalue weighted by Gasteiger charge is 2.11. The normalized spacial score (nSPS) is 10.5. The van der Waals surface area contributed by atoms with Gasteiger partial charge in [0.2, 0.25) is 0 Å². The van der Waals surface area contributed by atoms with Crippen LogP contribution in [-0.2, 0) is 16.1 Å². The molecule has 2 aromatic rings. The van der Waals surface area contributed by atoms with Gasteiger partial charge in [-0.25, -0.2) is 4.98 Å². The van der Waals surface area contributed by atoms with Crippen molar-refractivity contribution in [2.24, 2.45) is 0 Å². The first-order valence-corrected chi connectivity index (χ1v) is 7.17. The minimum atomic E-state index is -0.194. The summed E-state index contributed by atoms with van der Waals surface area (Å²) in [6.45, 7) is 4.00. The molecule has 0 atom stereocenters. The number of aromatic nitrogens is 1. The Kier molecular flexibility index (Phi) is 4.56. The molecule has 0 radical (unpaired) electrons. The standard InChI is InChI=1S/C14H14ClNO2S/c1-3-13(17)18-8-12-9(2)16-14(19-12)10-4-6-11(15)7-5-10/h4-7H,3,8H2,1-2H3. The fourth-order valence-electron chi connectivity index (χ4n) is 1.53. The topological polar surface area (TPSA) is 39.2 Å². The number of nitrogens with zero attached hydrogens (tertiary/aromatic N) is 1. The van der Waals surface area contributed by atoms with Crippen LogP contribution in [0.25, 0.3) is 10.6 Å². The summed E-state index contributed by atoms with van der Waals surface area (Å²) in [7, 11) is 0. The molecule has 1 aromatic carbocycles. The van der Waals surface area contributed by atoms with Crippen LogP contribution in [0.5, 0.6) is 0 Å². The number of hydrogen-bond acceptors (Lipinski definition) is 4. The van der Waals surface area contributed by atoms with Crippen molar-refractivity contribution in [3.63, 3.8) is 0 Å². The lowest BCUT2D eigenvalue weighted by molar-refractivity contribution is -0.144. The van der Waals surface area contributed by atoms with E-state index in [-0.39, 0.29) is 5.97 Å². The van der Waals surface area contributed by atoms with E-state index in [1.54, 1.807) is 6.92 Å². The Balaban J connectivity index is 2.16. The van der Waals surface area contributed by atoms with Gasteiger partial charge in [0.1, 0.15) is 11.6 Å². The first-order valence-electron chi connectivity index (χ1n) is 5.98. The number of rotatable bonds is 4. The molecule has 5 heteroatoms. The lowest BCUT2D eigenvalue weighted by Gasteiger charge is -2.00. The minimum Gasteiger partial charge on any atom is -0.460 e. The van der Waals surface area contributed by atoms with Gasteiger partial charge in [-0.05, 0) is 19.1 Å². The van der Waals surface area contributed by atoms with Crippen LogP contribution in [0.3, 0.4) is 0 Å². The number of halogens is 1. The van der Waals surface area contributed by atoms with E-state index >= 15 is 0 Å². The predicted octanol–water partition coefficient (Wildman–Crippen LogP) is 4.23. The highest BCUT2D eigenvalue weighted by Crippen LogP contribution is 2.29. The number of carbonyl (C=O) groups is 1. The molecule has 100 valence electrons. The van der Waals surface area contributed by atoms with Crippen LogP contribution in [0, 0.1) is 6.92 Å².